The van der Waals surface area contributed by atoms with Crippen molar-refractivity contribution in [2.45, 2.75) is 85.2 Å². The highest BCUT2D eigenvalue weighted by molar-refractivity contribution is 4.88. The number of nitrogens with two attached hydrogens (primary N) is 1. The molecule has 0 amide bonds. The highest BCUT2D eigenvalue weighted by Gasteiger charge is 2.34. The molecule has 1 aliphatic carbocycles. The molecule has 0 aromatic heterocycles. The molecule has 0 aliphatic heterocycles. The Kier molecular flexibility index (Phi) is 7.00. The summed E-state index contributed by atoms with van der Waals surface area (Å²) in [4.78, 5) is 2.59. The summed E-state index contributed by atoms with van der Waals surface area (Å²) < 4.78 is 0. The molecule has 20 heavy (non-hydrogen) atoms. The Balaban J connectivity index is 2.60. The zero-order valence-corrected chi connectivity index (χ0v) is 14.8. The quantitative estimate of drug-likeness (QED) is 0.787. The zero-order chi connectivity index (χ0) is 15.3. The minimum Gasteiger partial charge on any atom is -0.329 e. The molecule has 0 bridgehead atoms. The van der Waals surface area contributed by atoms with Crippen LogP contribution in [0.1, 0.15) is 73.1 Å². The number of rotatable bonds is 6. The Labute approximate surface area is 127 Å². The fourth-order valence-corrected chi connectivity index (χ4v) is 4.20. The van der Waals surface area contributed by atoms with Crippen LogP contribution < -0.4 is 5.73 Å². The molecular weight excluding hydrogens is 244 g/mol. The van der Waals surface area contributed by atoms with Crippen LogP contribution in [0.15, 0.2) is 0 Å². The van der Waals surface area contributed by atoms with Crippen molar-refractivity contribution in [1.82, 2.24) is 4.90 Å². The molecule has 120 valence electrons. The molecule has 2 N–H and O–H groups in total. The highest BCUT2D eigenvalue weighted by Crippen LogP contribution is 2.41. The number of hydrogen-bond donors (Lipinski definition) is 1. The average molecular weight is 283 g/mol. The van der Waals surface area contributed by atoms with Gasteiger partial charge in [0.15, 0.2) is 0 Å². The van der Waals surface area contributed by atoms with Gasteiger partial charge in [0.25, 0.3) is 0 Å². The Morgan fingerprint density at radius 3 is 1.90 bits per heavy atom. The smallest absolute Gasteiger partial charge is 0.0246 e. The highest BCUT2D eigenvalue weighted by atomic mass is 15.2. The summed E-state index contributed by atoms with van der Waals surface area (Å²) in [7, 11) is 2.30. The lowest BCUT2D eigenvalue weighted by atomic mass is 9.68. The number of nitrogens with zero attached hydrogens (tertiary/aromatic N) is 1. The summed E-state index contributed by atoms with van der Waals surface area (Å²) in [5, 5.41) is 0. The van der Waals surface area contributed by atoms with E-state index in [9.17, 15) is 0 Å². The topological polar surface area (TPSA) is 29.3 Å². The molecule has 1 unspecified atom stereocenters. The summed E-state index contributed by atoms with van der Waals surface area (Å²) in [5.74, 6) is 1.71. The van der Waals surface area contributed by atoms with Gasteiger partial charge < -0.3 is 5.73 Å². The molecule has 1 fully saturated rings. The van der Waals surface area contributed by atoms with E-state index in [1.807, 2.05) is 0 Å². The summed E-state index contributed by atoms with van der Waals surface area (Å²) in [6.07, 6.45) is 7.99. The minimum absolute atomic E-state index is 0.477. The van der Waals surface area contributed by atoms with Crippen LogP contribution in [0.5, 0.6) is 0 Å². The van der Waals surface area contributed by atoms with Crippen LogP contribution in [0.3, 0.4) is 0 Å². The van der Waals surface area contributed by atoms with Gasteiger partial charge in [-0.15, -0.1) is 0 Å². The number of hydrogen-bond acceptors (Lipinski definition) is 2. The molecule has 1 saturated carbocycles. The van der Waals surface area contributed by atoms with Crippen molar-refractivity contribution in [3.63, 3.8) is 0 Å². The van der Waals surface area contributed by atoms with E-state index in [2.05, 4.69) is 46.6 Å². The molecule has 2 heteroatoms. The van der Waals surface area contributed by atoms with Gasteiger partial charge in [0.1, 0.15) is 0 Å². The van der Waals surface area contributed by atoms with E-state index in [1.165, 1.54) is 38.5 Å². The lowest BCUT2D eigenvalue weighted by Crippen LogP contribution is -2.49. The van der Waals surface area contributed by atoms with Crippen LogP contribution in [0.4, 0.5) is 0 Å². The van der Waals surface area contributed by atoms with Crippen molar-refractivity contribution in [2.24, 2.45) is 23.0 Å². The Morgan fingerprint density at radius 2 is 1.55 bits per heavy atom. The van der Waals surface area contributed by atoms with Crippen LogP contribution in [0.25, 0.3) is 0 Å². The van der Waals surface area contributed by atoms with Gasteiger partial charge >= 0.3 is 0 Å². The number of likely N-dealkylation sites (N-methyl/N-ethyl adjacent to an activating group) is 1. The fourth-order valence-electron chi connectivity index (χ4n) is 4.20. The van der Waals surface area contributed by atoms with Gasteiger partial charge in [-0.05, 0) is 62.8 Å². The van der Waals surface area contributed by atoms with Crippen molar-refractivity contribution in [3.05, 3.63) is 0 Å². The van der Waals surface area contributed by atoms with Crippen molar-refractivity contribution in [2.75, 3.05) is 13.6 Å². The van der Waals surface area contributed by atoms with E-state index < -0.39 is 0 Å². The molecule has 0 radical (unpaired) electrons. The van der Waals surface area contributed by atoms with Crippen molar-refractivity contribution < 1.29 is 0 Å². The van der Waals surface area contributed by atoms with E-state index in [0.717, 1.165) is 18.4 Å². The summed E-state index contributed by atoms with van der Waals surface area (Å²) in [6, 6.07) is 1.28. The van der Waals surface area contributed by atoms with Gasteiger partial charge in [-0.3, -0.25) is 4.90 Å². The second kappa shape index (κ2) is 7.79. The predicted molar refractivity (Wildman–Crippen MR) is 89.9 cm³/mol. The lowest BCUT2D eigenvalue weighted by molar-refractivity contribution is 0.0705. The van der Waals surface area contributed by atoms with Crippen LogP contribution in [0.2, 0.25) is 0 Å². The second-order valence-electron chi connectivity index (χ2n) is 7.92. The van der Waals surface area contributed by atoms with Gasteiger partial charge in [-0.1, -0.05) is 34.6 Å². The molecule has 1 aliphatic rings. The van der Waals surface area contributed by atoms with Gasteiger partial charge in [-0.2, -0.15) is 0 Å². The average Bonchev–Trinajstić information content (AvgIpc) is 2.40. The van der Waals surface area contributed by atoms with Crippen LogP contribution in [-0.2, 0) is 0 Å². The Bertz CT molecular complexity index is 257. The molecule has 1 atom stereocenters. The van der Waals surface area contributed by atoms with Crippen LogP contribution in [-0.4, -0.2) is 30.6 Å². The van der Waals surface area contributed by atoms with Gasteiger partial charge in [-0.25, -0.2) is 0 Å². The maximum atomic E-state index is 6.13. The third-order valence-electron chi connectivity index (χ3n) is 5.82. The molecule has 0 aromatic carbocycles. The van der Waals surface area contributed by atoms with Gasteiger partial charge in [0.05, 0.1) is 0 Å². The van der Waals surface area contributed by atoms with Crippen molar-refractivity contribution in [1.29, 1.82) is 0 Å². The van der Waals surface area contributed by atoms with Gasteiger partial charge in [0, 0.05) is 18.6 Å². The molecule has 0 aromatic rings. The molecular formula is C18H38N2. The first-order chi connectivity index (χ1) is 9.35. The maximum Gasteiger partial charge on any atom is 0.0246 e. The van der Waals surface area contributed by atoms with E-state index in [1.54, 1.807) is 0 Å². The van der Waals surface area contributed by atoms with E-state index in [0.29, 0.717) is 17.5 Å². The van der Waals surface area contributed by atoms with Crippen molar-refractivity contribution in [3.8, 4) is 0 Å². The summed E-state index contributed by atoms with van der Waals surface area (Å²) in [6.45, 7) is 12.6. The minimum atomic E-state index is 0.477. The van der Waals surface area contributed by atoms with E-state index in [-0.39, 0.29) is 0 Å². The van der Waals surface area contributed by atoms with Gasteiger partial charge in [0.2, 0.25) is 0 Å². The van der Waals surface area contributed by atoms with Crippen LogP contribution >= 0.6 is 0 Å². The summed E-state index contributed by atoms with van der Waals surface area (Å²) in [5.41, 5.74) is 6.61. The third kappa shape index (κ3) is 4.46. The van der Waals surface area contributed by atoms with E-state index in [4.69, 9.17) is 5.73 Å². The standard InChI is InChI=1S/C18H38N2/c1-7-16(8-2)20(6)17(13-19)14-9-11-15(12-10-14)18(3,4)5/h14-17H,7-13,19H2,1-6H3. The monoisotopic (exact) mass is 282 g/mol. The largest absolute Gasteiger partial charge is 0.329 e. The Morgan fingerprint density at radius 1 is 1.05 bits per heavy atom. The molecule has 1 rings (SSSR count). The zero-order valence-electron chi connectivity index (χ0n) is 14.8. The second-order valence-corrected chi connectivity index (χ2v) is 7.92. The molecule has 0 heterocycles. The van der Waals surface area contributed by atoms with Crippen LogP contribution in [0, 0.1) is 17.3 Å². The van der Waals surface area contributed by atoms with Crippen molar-refractivity contribution >= 4 is 0 Å². The first kappa shape index (κ1) is 18.0. The Hall–Kier alpha value is -0.0800. The lowest BCUT2D eigenvalue weighted by Gasteiger charge is -2.43. The summed E-state index contributed by atoms with van der Waals surface area (Å²) >= 11 is 0. The normalized spacial score (nSPS) is 26.2. The first-order valence-corrected chi connectivity index (χ1v) is 8.77. The fraction of sp³-hybridized carbons (Fsp3) is 1.00. The third-order valence-corrected chi connectivity index (χ3v) is 5.82. The van der Waals surface area contributed by atoms with E-state index >= 15 is 0 Å². The predicted octanol–water partition coefficient (Wildman–Crippen LogP) is 4.29. The maximum absolute atomic E-state index is 6.13. The first-order valence-electron chi connectivity index (χ1n) is 8.77. The molecule has 0 saturated heterocycles. The molecule has 2 nitrogen and oxygen atoms in total. The molecule has 0 spiro atoms. The SMILES string of the molecule is CCC(CC)N(C)C(CN)C1CCC(C(C)(C)C)CC1.